The van der Waals surface area contributed by atoms with E-state index in [-0.39, 0.29) is 11.3 Å². The third-order valence-corrected chi connectivity index (χ3v) is 6.62. The fourth-order valence-electron chi connectivity index (χ4n) is 3.95. The van der Waals surface area contributed by atoms with Gasteiger partial charge in [-0.3, -0.25) is 4.79 Å². The molecule has 188 valence electrons. The van der Waals surface area contributed by atoms with Crippen molar-refractivity contribution in [3.63, 3.8) is 0 Å². The van der Waals surface area contributed by atoms with Gasteiger partial charge in [-0.05, 0) is 91.3 Å². The van der Waals surface area contributed by atoms with Crippen LogP contribution >= 0.6 is 0 Å². The Bertz CT molecular complexity index is 1340. The van der Waals surface area contributed by atoms with Crippen molar-refractivity contribution in [2.75, 3.05) is 5.32 Å². The number of oxazole rings is 1. The highest BCUT2D eigenvalue weighted by molar-refractivity contribution is 5.97. The molecule has 0 saturated heterocycles. The Hall–Kier alpha value is -3.60. The van der Waals surface area contributed by atoms with Crippen LogP contribution in [0, 0.1) is 0 Å². The highest BCUT2D eigenvalue weighted by Gasteiger charge is 2.30. The van der Waals surface area contributed by atoms with E-state index in [2.05, 4.69) is 57.1 Å². The minimum Gasteiger partial charge on any atom is -0.478 e. The van der Waals surface area contributed by atoms with Crippen LogP contribution in [0.5, 0.6) is 5.75 Å². The normalized spacial score (nSPS) is 13.0. The molecule has 0 aliphatic rings. The predicted octanol–water partition coefficient (Wildman–Crippen LogP) is 8.10. The zero-order valence-electron chi connectivity index (χ0n) is 22.3. The lowest BCUT2D eigenvalue weighted by molar-refractivity contribution is -0.128. The smallest absolute Gasteiger partial charge is 0.267 e. The van der Waals surface area contributed by atoms with Crippen LogP contribution in [0.2, 0.25) is 0 Å². The summed E-state index contributed by atoms with van der Waals surface area (Å²) in [5, 5.41) is 2.95. The first kappa shape index (κ1) is 25.5. The topological polar surface area (TPSA) is 64.4 Å². The molecule has 4 rings (SSSR count). The number of anilines is 1. The minimum atomic E-state index is -1.05. The van der Waals surface area contributed by atoms with Crippen LogP contribution in [0.1, 0.15) is 71.9 Å². The van der Waals surface area contributed by atoms with Crippen LogP contribution in [0.15, 0.2) is 71.1 Å². The van der Waals surface area contributed by atoms with Gasteiger partial charge < -0.3 is 14.5 Å². The Kier molecular flexibility index (Phi) is 6.94. The Balaban J connectivity index is 1.44. The van der Waals surface area contributed by atoms with Gasteiger partial charge in [0.1, 0.15) is 11.3 Å². The summed E-state index contributed by atoms with van der Waals surface area (Å²) in [6.45, 7) is 14.4. The molecule has 0 aliphatic heterocycles. The number of nitrogens with zero attached hydrogens (tertiary/aromatic N) is 1. The molecule has 1 unspecified atom stereocenters. The molecule has 0 aliphatic carbocycles. The van der Waals surface area contributed by atoms with Gasteiger partial charge in [-0.15, -0.1) is 0 Å². The van der Waals surface area contributed by atoms with E-state index in [4.69, 9.17) is 9.15 Å². The first-order valence-electron chi connectivity index (χ1n) is 12.6. The van der Waals surface area contributed by atoms with Crippen molar-refractivity contribution >= 4 is 22.7 Å². The molecule has 1 amide bonds. The lowest BCUT2D eigenvalue weighted by Crippen LogP contribution is -2.42. The zero-order valence-corrected chi connectivity index (χ0v) is 22.3. The lowest BCUT2D eigenvalue weighted by Gasteiger charge is -2.26. The van der Waals surface area contributed by atoms with Crippen molar-refractivity contribution in [2.45, 2.75) is 71.8 Å². The van der Waals surface area contributed by atoms with Crippen LogP contribution in [0.3, 0.4) is 0 Å². The molecular weight excluding hydrogens is 448 g/mol. The predicted molar refractivity (Wildman–Crippen MR) is 147 cm³/mol. The minimum absolute atomic E-state index is 0.0616. The van der Waals surface area contributed by atoms with Gasteiger partial charge in [-0.25, -0.2) is 4.98 Å². The second-order valence-corrected chi connectivity index (χ2v) is 11.0. The number of hydrogen-bond acceptors (Lipinski definition) is 4. The van der Waals surface area contributed by atoms with Crippen LogP contribution < -0.4 is 10.1 Å². The van der Waals surface area contributed by atoms with Crippen LogP contribution in [-0.4, -0.2) is 16.5 Å². The Morgan fingerprint density at radius 2 is 1.64 bits per heavy atom. The van der Waals surface area contributed by atoms with Crippen LogP contribution in [0.4, 0.5) is 5.69 Å². The highest BCUT2D eigenvalue weighted by atomic mass is 16.5. The largest absolute Gasteiger partial charge is 0.478 e. The summed E-state index contributed by atoms with van der Waals surface area (Å²) in [5.74, 6) is 1.47. The molecule has 5 heteroatoms. The van der Waals surface area contributed by atoms with E-state index in [1.165, 1.54) is 11.1 Å². The van der Waals surface area contributed by atoms with Crippen molar-refractivity contribution in [3.8, 4) is 17.2 Å². The molecular formula is C31H36N2O3. The maximum Gasteiger partial charge on any atom is 0.267 e. The number of aromatic nitrogens is 1. The molecule has 1 atom stereocenters. The summed E-state index contributed by atoms with van der Waals surface area (Å²) in [6, 6.07) is 21.6. The maximum absolute atomic E-state index is 13.0. The maximum atomic E-state index is 13.0. The molecule has 4 aromatic rings. The standard InChI is InChI=1S/C31H36N2O3/c1-8-20(2)22-11-18-27-26(19-22)33-28(35-27)21-9-14-24(15-10-21)32-29(34)31(6,7)36-25-16-12-23(13-17-25)30(3,4)5/h9-20H,8H2,1-7H3,(H,32,34). The molecule has 0 bridgehead atoms. The monoisotopic (exact) mass is 484 g/mol. The van der Waals surface area contributed by atoms with Crippen molar-refractivity contribution in [1.29, 1.82) is 0 Å². The van der Waals surface area contributed by atoms with E-state index in [1.54, 1.807) is 13.8 Å². The van der Waals surface area contributed by atoms with Crippen LogP contribution in [0.25, 0.3) is 22.6 Å². The molecule has 0 saturated carbocycles. The number of hydrogen-bond donors (Lipinski definition) is 1. The van der Waals surface area contributed by atoms with Gasteiger partial charge in [0.25, 0.3) is 5.91 Å². The fourth-order valence-corrected chi connectivity index (χ4v) is 3.95. The Morgan fingerprint density at radius 1 is 0.972 bits per heavy atom. The number of ether oxygens (including phenoxy) is 1. The van der Waals surface area contributed by atoms with E-state index < -0.39 is 5.60 Å². The Morgan fingerprint density at radius 3 is 2.25 bits per heavy atom. The van der Waals surface area contributed by atoms with Gasteiger partial charge >= 0.3 is 0 Å². The zero-order chi connectivity index (χ0) is 26.1. The second kappa shape index (κ2) is 9.81. The van der Waals surface area contributed by atoms with Crippen molar-refractivity contribution < 1.29 is 13.9 Å². The van der Waals surface area contributed by atoms with E-state index in [9.17, 15) is 4.79 Å². The number of carbonyl (C=O) groups is 1. The number of benzene rings is 3. The first-order chi connectivity index (χ1) is 17.0. The summed E-state index contributed by atoms with van der Waals surface area (Å²) in [7, 11) is 0. The molecule has 0 radical (unpaired) electrons. The van der Waals surface area contributed by atoms with Crippen molar-refractivity contribution in [2.24, 2.45) is 0 Å². The van der Waals surface area contributed by atoms with E-state index in [0.29, 0.717) is 23.2 Å². The summed E-state index contributed by atoms with van der Waals surface area (Å²) < 4.78 is 12.0. The summed E-state index contributed by atoms with van der Waals surface area (Å²) in [4.78, 5) is 17.7. The van der Waals surface area contributed by atoms with E-state index >= 15 is 0 Å². The molecule has 0 spiro atoms. The average Bonchev–Trinajstić information content (AvgIpc) is 3.27. The number of fused-ring (bicyclic) bond motifs is 1. The summed E-state index contributed by atoms with van der Waals surface area (Å²) in [5.41, 5.74) is 4.65. The van der Waals surface area contributed by atoms with Crippen molar-refractivity contribution in [3.05, 3.63) is 77.9 Å². The molecule has 5 nitrogen and oxygen atoms in total. The van der Waals surface area contributed by atoms with Gasteiger partial charge in [-0.1, -0.05) is 52.8 Å². The molecule has 1 N–H and O–H groups in total. The highest BCUT2D eigenvalue weighted by Crippen LogP contribution is 2.29. The molecule has 1 heterocycles. The van der Waals surface area contributed by atoms with Gasteiger partial charge in [0, 0.05) is 11.3 Å². The number of amides is 1. The second-order valence-electron chi connectivity index (χ2n) is 11.0. The number of carbonyl (C=O) groups excluding carboxylic acids is 1. The quantitative estimate of drug-likeness (QED) is 0.288. The van der Waals surface area contributed by atoms with E-state index in [1.807, 2.05) is 54.6 Å². The SMILES string of the molecule is CCC(C)c1ccc2oc(-c3ccc(NC(=O)C(C)(C)Oc4ccc(C(C)(C)C)cc4)cc3)nc2c1. The third-order valence-electron chi connectivity index (χ3n) is 6.62. The molecule has 36 heavy (non-hydrogen) atoms. The van der Waals surface area contributed by atoms with Gasteiger partial charge in [0.05, 0.1) is 0 Å². The fraction of sp³-hybridized carbons (Fsp3) is 0.355. The molecule has 3 aromatic carbocycles. The Labute approximate surface area is 213 Å². The van der Waals surface area contributed by atoms with Gasteiger partial charge in [0.15, 0.2) is 11.2 Å². The summed E-state index contributed by atoms with van der Waals surface area (Å²) >= 11 is 0. The van der Waals surface area contributed by atoms with Crippen LogP contribution in [-0.2, 0) is 10.2 Å². The van der Waals surface area contributed by atoms with Crippen molar-refractivity contribution in [1.82, 2.24) is 4.98 Å². The number of nitrogens with one attached hydrogen (secondary N) is 1. The molecule has 0 fully saturated rings. The summed E-state index contributed by atoms with van der Waals surface area (Å²) in [6.07, 6.45) is 1.08. The number of rotatable bonds is 7. The molecule has 1 aromatic heterocycles. The third kappa shape index (κ3) is 5.62. The first-order valence-corrected chi connectivity index (χ1v) is 12.6. The lowest BCUT2D eigenvalue weighted by atomic mass is 9.87. The van der Waals surface area contributed by atoms with Gasteiger partial charge in [-0.2, -0.15) is 0 Å². The van der Waals surface area contributed by atoms with Gasteiger partial charge in [0.2, 0.25) is 5.89 Å². The van der Waals surface area contributed by atoms with E-state index in [0.717, 1.165) is 23.1 Å². The average molecular weight is 485 g/mol.